The summed E-state index contributed by atoms with van der Waals surface area (Å²) in [6.07, 6.45) is 7.06. The number of carbonyl (C=O) groups is 1. The van der Waals surface area contributed by atoms with Crippen molar-refractivity contribution in [1.82, 2.24) is 19.4 Å². The molecule has 0 aliphatic carbocycles. The second-order valence-electron chi connectivity index (χ2n) is 8.22. The van der Waals surface area contributed by atoms with E-state index in [9.17, 15) is 9.59 Å². The van der Waals surface area contributed by atoms with Crippen molar-refractivity contribution in [2.24, 2.45) is 0 Å². The Labute approximate surface area is 199 Å². The van der Waals surface area contributed by atoms with Crippen molar-refractivity contribution in [3.8, 4) is 22.5 Å². The molecule has 4 rings (SSSR count). The number of aromatic nitrogens is 4. The number of esters is 1. The smallest absolute Gasteiger partial charge is 0.305 e. The topological polar surface area (TPSA) is 78.5 Å². The number of unbranched alkanes of at least 4 members (excludes halogenated alkanes) is 4. The third-order valence-electron chi connectivity index (χ3n) is 5.77. The van der Waals surface area contributed by atoms with Crippen LogP contribution in [0.4, 0.5) is 0 Å². The third kappa shape index (κ3) is 5.60. The zero-order valence-electron chi connectivity index (χ0n) is 19.5. The molecule has 4 aromatic rings. The third-order valence-corrected chi connectivity index (χ3v) is 5.77. The molecule has 0 aliphatic heterocycles. The Morgan fingerprint density at radius 1 is 0.882 bits per heavy atom. The zero-order valence-corrected chi connectivity index (χ0v) is 19.5. The Kier molecular flexibility index (Phi) is 7.86. The fourth-order valence-electron chi connectivity index (χ4n) is 4.09. The average Bonchev–Trinajstić information content (AvgIpc) is 3.25. The molecule has 0 amide bonds. The predicted molar refractivity (Wildman–Crippen MR) is 132 cm³/mol. The van der Waals surface area contributed by atoms with Crippen LogP contribution in [0, 0.1) is 0 Å². The summed E-state index contributed by atoms with van der Waals surface area (Å²) in [6.45, 7) is 2.81. The SMILES string of the molecule is CCOC(=O)CCCCCCCn1nc(-c2c(-c3ccccc3)nn3ccccc23)ccc1=O. The lowest BCUT2D eigenvalue weighted by molar-refractivity contribution is -0.143. The Hall–Kier alpha value is -3.74. The molecule has 1 aromatic carbocycles. The van der Waals surface area contributed by atoms with Crippen LogP contribution in [0.3, 0.4) is 0 Å². The number of carbonyl (C=O) groups excluding carboxylic acids is 1. The van der Waals surface area contributed by atoms with Crippen LogP contribution in [-0.2, 0) is 16.1 Å². The van der Waals surface area contributed by atoms with Crippen LogP contribution >= 0.6 is 0 Å². The molecule has 0 saturated carbocycles. The highest BCUT2D eigenvalue weighted by Crippen LogP contribution is 2.33. The minimum absolute atomic E-state index is 0.108. The Morgan fingerprint density at radius 2 is 1.65 bits per heavy atom. The van der Waals surface area contributed by atoms with Crippen LogP contribution in [0.25, 0.3) is 28.0 Å². The number of benzene rings is 1. The van der Waals surface area contributed by atoms with Crippen molar-refractivity contribution in [3.63, 3.8) is 0 Å². The van der Waals surface area contributed by atoms with Gasteiger partial charge in [-0.05, 0) is 38.0 Å². The van der Waals surface area contributed by atoms with E-state index in [4.69, 9.17) is 14.9 Å². The molecule has 7 nitrogen and oxygen atoms in total. The lowest BCUT2D eigenvalue weighted by Crippen LogP contribution is -2.22. The predicted octanol–water partition coefficient (Wildman–Crippen LogP) is 5.13. The Morgan fingerprint density at radius 3 is 2.47 bits per heavy atom. The number of aryl methyl sites for hydroxylation is 1. The van der Waals surface area contributed by atoms with E-state index in [1.165, 1.54) is 0 Å². The van der Waals surface area contributed by atoms with Crippen LogP contribution in [0.1, 0.15) is 45.4 Å². The molecular formula is C27H30N4O3. The van der Waals surface area contributed by atoms with Gasteiger partial charge in [0.1, 0.15) is 5.69 Å². The number of ether oxygens (including phenoxy) is 1. The van der Waals surface area contributed by atoms with Gasteiger partial charge in [-0.1, -0.05) is 55.7 Å². The summed E-state index contributed by atoms with van der Waals surface area (Å²) >= 11 is 0. The lowest BCUT2D eigenvalue weighted by atomic mass is 10.0. The molecule has 0 aliphatic rings. The van der Waals surface area contributed by atoms with Crippen LogP contribution in [0.15, 0.2) is 71.7 Å². The molecule has 0 spiro atoms. The van der Waals surface area contributed by atoms with Crippen LogP contribution in [0.2, 0.25) is 0 Å². The number of pyridine rings is 1. The summed E-state index contributed by atoms with van der Waals surface area (Å²) in [5, 5.41) is 9.51. The van der Waals surface area contributed by atoms with E-state index in [-0.39, 0.29) is 11.5 Å². The van der Waals surface area contributed by atoms with E-state index in [1.807, 2.05) is 66.2 Å². The van der Waals surface area contributed by atoms with Crippen molar-refractivity contribution in [1.29, 1.82) is 0 Å². The van der Waals surface area contributed by atoms with Crippen molar-refractivity contribution in [2.45, 2.75) is 52.0 Å². The van der Waals surface area contributed by atoms with E-state index in [0.29, 0.717) is 19.6 Å². The minimum Gasteiger partial charge on any atom is -0.466 e. The highest BCUT2D eigenvalue weighted by atomic mass is 16.5. The van der Waals surface area contributed by atoms with Crippen LogP contribution in [0.5, 0.6) is 0 Å². The summed E-state index contributed by atoms with van der Waals surface area (Å²) in [4.78, 5) is 23.9. The summed E-state index contributed by atoms with van der Waals surface area (Å²) in [7, 11) is 0. The quantitative estimate of drug-likeness (QED) is 0.230. The van der Waals surface area contributed by atoms with Gasteiger partial charge in [0.25, 0.3) is 5.56 Å². The van der Waals surface area contributed by atoms with Gasteiger partial charge in [-0.2, -0.15) is 10.2 Å². The van der Waals surface area contributed by atoms with Gasteiger partial charge >= 0.3 is 5.97 Å². The lowest BCUT2D eigenvalue weighted by Gasteiger charge is -2.08. The molecule has 0 unspecified atom stereocenters. The van der Waals surface area contributed by atoms with E-state index < -0.39 is 0 Å². The average molecular weight is 459 g/mol. The van der Waals surface area contributed by atoms with Crippen LogP contribution in [-0.4, -0.2) is 32.0 Å². The van der Waals surface area contributed by atoms with Gasteiger partial charge in [-0.3, -0.25) is 9.59 Å². The van der Waals surface area contributed by atoms with E-state index in [0.717, 1.165) is 60.1 Å². The molecular weight excluding hydrogens is 428 g/mol. The highest BCUT2D eigenvalue weighted by Gasteiger charge is 2.18. The molecule has 34 heavy (non-hydrogen) atoms. The highest BCUT2D eigenvalue weighted by molar-refractivity contribution is 5.90. The molecule has 0 N–H and O–H groups in total. The van der Waals surface area contributed by atoms with Gasteiger partial charge in [0, 0.05) is 30.8 Å². The molecule has 0 bridgehead atoms. The van der Waals surface area contributed by atoms with Gasteiger partial charge in [0.2, 0.25) is 0 Å². The summed E-state index contributed by atoms with van der Waals surface area (Å²) < 4.78 is 8.36. The molecule has 3 heterocycles. The largest absolute Gasteiger partial charge is 0.466 e. The number of rotatable bonds is 11. The van der Waals surface area contributed by atoms with Gasteiger partial charge in [0.15, 0.2) is 0 Å². The summed E-state index contributed by atoms with van der Waals surface area (Å²) in [6, 6.07) is 19.3. The first-order valence-corrected chi connectivity index (χ1v) is 11.9. The monoisotopic (exact) mass is 458 g/mol. The van der Waals surface area contributed by atoms with E-state index in [1.54, 1.807) is 16.8 Å². The fourth-order valence-corrected chi connectivity index (χ4v) is 4.09. The number of hydrogen-bond acceptors (Lipinski definition) is 5. The van der Waals surface area contributed by atoms with Gasteiger partial charge in [0.05, 0.1) is 23.4 Å². The molecule has 7 heteroatoms. The second-order valence-corrected chi connectivity index (χ2v) is 8.22. The molecule has 0 atom stereocenters. The molecule has 0 saturated heterocycles. The Balaban J connectivity index is 1.48. The summed E-state index contributed by atoms with van der Waals surface area (Å²) in [5.74, 6) is -0.127. The maximum atomic E-state index is 12.5. The van der Waals surface area contributed by atoms with Crippen molar-refractivity contribution < 1.29 is 9.53 Å². The molecule has 0 fully saturated rings. The number of nitrogens with zero attached hydrogens (tertiary/aromatic N) is 4. The van der Waals surface area contributed by atoms with Crippen molar-refractivity contribution in [3.05, 3.63) is 77.2 Å². The van der Waals surface area contributed by atoms with Gasteiger partial charge < -0.3 is 4.74 Å². The zero-order chi connectivity index (χ0) is 23.8. The van der Waals surface area contributed by atoms with Crippen LogP contribution < -0.4 is 5.56 Å². The number of hydrogen-bond donors (Lipinski definition) is 0. The first kappa shape index (κ1) is 23.4. The minimum atomic E-state index is -0.127. The van der Waals surface area contributed by atoms with Gasteiger partial charge in [-0.15, -0.1) is 0 Å². The molecule has 0 radical (unpaired) electrons. The van der Waals surface area contributed by atoms with Crippen molar-refractivity contribution in [2.75, 3.05) is 6.61 Å². The normalized spacial score (nSPS) is 11.1. The first-order valence-electron chi connectivity index (χ1n) is 11.9. The maximum Gasteiger partial charge on any atom is 0.305 e. The first-order chi connectivity index (χ1) is 16.7. The molecule has 176 valence electrons. The van der Waals surface area contributed by atoms with E-state index >= 15 is 0 Å². The van der Waals surface area contributed by atoms with Crippen molar-refractivity contribution >= 4 is 11.5 Å². The maximum absolute atomic E-state index is 12.5. The van der Waals surface area contributed by atoms with Gasteiger partial charge in [-0.25, -0.2) is 9.20 Å². The number of fused-ring (bicyclic) bond motifs is 1. The fraction of sp³-hybridized carbons (Fsp3) is 0.333. The molecule has 3 aromatic heterocycles. The Bertz CT molecular complexity index is 1290. The summed E-state index contributed by atoms with van der Waals surface area (Å²) in [5.41, 5.74) is 4.33. The standard InChI is InChI=1S/C27H30N4O3/c1-2-34-25(33)16-9-4-3-5-11-20-31-24(32)18-17-22(28-31)26-23-15-10-12-19-30(23)29-27(26)21-13-7-6-8-14-21/h6-8,10,12-15,17-19H,2-5,9,11,16,20H2,1H3. The van der Waals surface area contributed by atoms with E-state index in [2.05, 4.69) is 0 Å². The second kappa shape index (κ2) is 11.4.